The van der Waals surface area contributed by atoms with Crippen LogP contribution in [0.3, 0.4) is 0 Å². The molecule has 178 valence electrons. The second kappa shape index (κ2) is 10.1. The fraction of sp³-hybridized carbons (Fsp3) is 0.280. The Morgan fingerprint density at radius 3 is 2.44 bits per heavy atom. The number of thiophene rings is 1. The summed E-state index contributed by atoms with van der Waals surface area (Å²) < 4.78 is 32.3. The Bertz CT molecular complexity index is 1280. The molecule has 3 aromatic rings. The number of anilines is 1. The van der Waals surface area contributed by atoms with Gasteiger partial charge in [-0.1, -0.05) is 37.3 Å². The summed E-state index contributed by atoms with van der Waals surface area (Å²) in [6.07, 6.45) is 1.86. The quantitative estimate of drug-likeness (QED) is 0.489. The lowest BCUT2D eigenvalue weighted by atomic mass is 10.0. The number of benzene rings is 2. The van der Waals surface area contributed by atoms with Crippen LogP contribution in [0.5, 0.6) is 0 Å². The van der Waals surface area contributed by atoms with Crippen molar-refractivity contribution in [1.29, 1.82) is 0 Å². The molecule has 0 radical (unpaired) electrons. The molecule has 0 aliphatic carbocycles. The van der Waals surface area contributed by atoms with Crippen molar-refractivity contribution in [3.05, 3.63) is 71.1 Å². The molecule has 0 spiro atoms. The number of nitrogens with zero attached hydrogens (tertiary/aromatic N) is 1. The second-order valence-electron chi connectivity index (χ2n) is 8.30. The number of methoxy groups -OCH3 is 1. The minimum Gasteiger partial charge on any atom is -0.465 e. The van der Waals surface area contributed by atoms with Crippen LogP contribution >= 0.6 is 11.3 Å². The average Bonchev–Trinajstić information content (AvgIpc) is 3.28. The Hall–Kier alpha value is -3.01. The molecule has 0 saturated carbocycles. The Labute approximate surface area is 203 Å². The van der Waals surface area contributed by atoms with E-state index >= 15 is 0 Å². The standard InChI is InChI=1S/C25H26N2O5S2/c1-17-7-6-14-27(16-17)34(30,31)20-12-10-19(11-13-20)24(28)26-21-15-22(18-8-4-3-5-9-18)33-23(21)25(29)32-2/h3-5,8-13,15,17H,6-7,14,16H2,1-2H3,(H,26,28). The molecule has 7 nitrogen and oxygen atoms in total. The SMILES string of the molecule is COC(=O)c1sc(-c2ccccc2)cc1NC(=O)c1ccc(S(=O)(=O)N2CCCC(C)C2)cc1. The number of sulfonamides is 1. The minimum atomic E-state index is -3.60. The maximum Gasteiger partial charge on any atom is 0.350 e. The molecule has 9 heteroatoms. The highest BCUT2D eigenvalue weighted by molar-refractivity contribution is 7.89. The number of hydrogen-bond donors (Lipinski definition) is 1. The van der Waals surface area contributed by atoms with Crippen molar-refractivity contribution in [3.63, 3.8) is 0 Å². The molecule has 4 rings (SSSR count). The van der Waals surface area contributed by atoms with Crippen molar-refractivity contribution in [3.8, 4) is 10.4 Å². The normalized spacial score (nSPS) is 16.7. The van der Waals surface area contributed by atoms with Gasteiger partial charge in [0.25, 0.3) is 5.91 Å². The van der Waals surface area contributed by atoms with Crippen LogP contribution in [0.2, 0.25) is 0 Å². The first kappa shape index (κ1) is 24.1. The highest BCUT2D eigenvalue weighted by atomic mass is 32.2. The zero-order valence-electron chi connectivity index (χ0n) is 19.0. The van der Waals surface area contributed by atoms with Crippen LogP contribution in [0.1, 0.15) is 39.8 Å². The first-order valence-electron chi connectivity index (χ1n) is 11.0. The number of piperidine rings is 1. The van der Waals surface area contributed by atoms with Crippen molar-refractivity contribution in [2.24, 2.45) is 5.92 Å². The van der Waals surface area contributed by atoms with Gasteiger partial charge in [0.1, 0.15) is 4.88 Å². The predicted octanol–water partition coefficient (Wildman–Crippen LogP) is 4.87. The van der Waals surface area contributed by atoms with E-state index in [1.54, 1.807) is 6.07 Å². The first-order valence-corrected chi connectivity index (χ1v) is 13.2. The van der Waals surface area contributed by atoms with Gasteiger partial charge in [0, 0.05) is 23.5 Å². The van der Waals surface area contributed by atoms with Crippen LogP contribution in [0, 0.1) is 5.92 Å². The smallest absolute Gasteiger partial charge is 0.350 e. The molecule has 34 heavy (non-hydrogen) atoms. The van der Waals surface area contributed by atoms with E-state index in [1.807, 2.05) is 37.3 Å². The van der Waals surface area contributed by atoms with Gasteiger partial charge in [-0.15, -0.1) is 11.3 Å². The van der Waals surface area contributed by atoms with E-state index in [2.05, 4.69) is 5.32 Å². The molecule has 1 aromatic heterocycles. The van der Waals surface area contributed by atoms with Gasteiger partial charge in [-0.05, 0) is 54.7 Å². The third-order valence-electron chi connectivity index (χ3n) is 5.78. The number of ether oxygens (including phenoxy) is 1. The summed E-state index contributed by atoms with van der Waals surface area (Å²) in [5, 5.41) is 2.77. The van der Waals surface area contributed by atoms with Gasteiger partial charge in [-0.2, -0.15) is 4.31 Å². The van der Waals surface area contributed by atoms with Crippen molar-refractivity contribution in [1.82, 2.24) is 4.31 Å². The van der Waals surface area contributed by atoms with Gasteiger partial charge in [0.15, 0.2) is 0 Å². The molecule has 1 fully saturated rings. The van der Waals surface area contributed by atoms with Crippen molar-refractivity contribution in [2.45, 2.75) is 24.7 Å². The fourth-order valence-corrected chi connectivity index (χ4v) is 6.59. The second-order valence-corrected chi connectivity index (χ2v) is 11.3. The largest absolute Gasteiger partial charge is 0.465 e. The lowest BCUT2D eigenvalue weighted by Crippen LogP contribution is -2.39. The third-order valence-corrected chi connectivity index (χ3v) is 8.83. The van der Waals surface area contributed by atoms with E-state index in [0.29, 0.717) is 24.7 Å². The number of carbonyl (C=O) groups is 2. The number of amides is 1. The molecular formula is C25H26N2O5S2. The van der Waals surface area contributed by atoms with E-state index in [0.717, 1.165) is 23.3 Å². The zero-order valence-corrected chi connectivity index (χ0v) is 20.6. The average molecular weight is 499 g/mol. The molecule has 1 atom stereocenters. The number of hydrogen-bond acceptors (Lipinski definition) is 6. The van der Waals surface area contributed by atoms with Gasteiger partial charge in [-0.25, -0.2) is 13.2 Å². The summed E-state index contributed by atoms with van der Waals surface area (Å²) in [5.41, 5.74) is 1.55. The number of carbonyl (C=O) groups excluding carboxylic acids is 2. The van der Waals surface area contributed by atoms with Crippen LogP contribution in [0.15, 0.2) is 65.6 Å². The van der Waals surface area contributed by atoms with Crippen molar-refractivity contribution >= 4 is 38.9 Å². The summed E-state index contributed by atoms with van der Waals surface area (Å²) >= 11 is 1.23. The van der Waals surface area contributed by atoms with Crippen LogP contribution in [-0.2, 0) is 14.8 Å². The van der Waals surface area contributed by atoms with Gasteiger partial charge in [-0.3, -0.25) is 4.79 Å². The minimum absolute atomic E-state index is 0.162. The maximum absolute atomic E-state index is 13.0. The summed E-state index contributed by atoms with van der Waals surface area (Å²) in [4.78, 5) is 26.5. The summed E-state index contributed by atoms with van der Waals surface area (Å²) in [5.74, 6) is -0.665. The molecule has 1 amide bonds. The summed E-state index contributed by atoms with van der Waals surface area (Å²) in [6, 6.07) is 17.1. The van der Waals surface area contributed by atoms with Gasteiger partial charge < -0.3 is 10.1 Å². The van der Waals surface area contributed by atoms with Crippen LogP contribution in [-0.4, -0.2) is 44.8 Å². The van der Waals surface area contributed by atoms with Gasteiger partial charge in [0.05, 0.1) is 17.7 Å². The van der Waals surface area contributed by atoms with E-state index in [-0.39, 0.29) is 15.3 Å². The fourth-order valence-electron chi connectivity index (χ4n) is 3.96. The van der Waals surface area contributed by atoms with Gasteiger partial charge in [0.2, 0.25) is 10.0 Å². The monoisotopic (exact) mass is 498 g/mol. The van der Waals surface area contributed by atoms with Gasteiger partial charge >= 0.3 is 5.97 Å². The summed E-state index contributed by atoms with van der Waals surface area (Å²) in [7, 11) is -2.31. The Kier molecular flexibility index (Phi) is 7.16. The Morgan fingerprint density at radius 2 is 1.79 bits per heavy atom. The predicted molar refractivity (Wildman–Crippen MR) is 133 cm³/mol. The molecule has 2 heterocycles. The van der Waals surface area contributed by atoms with E-state index in [4.69, 9.17) is 4.74 Å². The van der Waals surface area contributed by atoms with E-state index < -0.39 is 21.9 Å². The third kappa shape index (κ3) is 5.06. The lowest BCUT2D eigenvalue weighted by Gasteiger charge is -2.30. The Balaban J connectivity index is 1.55. The van der Waals surface area contributed by atoms with Crippen molar-refractivity contribution < 1.29 is 22.7 Å². The van der Waals surface area contributed by atoms with Crippen LogP contribution < -0.4 is 5.32 Å². The molecule has 1 saturated heterocycles. The number of rotatable bonds is 6. The van der Waals surface area contributed by atoms with Crippen LogP contribution in [0.25, 0.3) is 10.4 Å². The Morgan fingerprint density at radius 1 is 1.09 bits per heavy atom. The summed E-state index contributed by atoms with van der Waals surface area (Å²) in [6.45, 7) is 3.06. The van der Waals surface area contributed by atoms with E-state index in [1.165, 1.54) is 47.0 Å². The van der Waals surface area contributed by atoms with Crippen molar-refractivity contribution in [2.75, 3.05) is 25.5 Å². The van der Waals surface area contributed by atoms with E-state index in [9.17, 15) is 18.0 Å². The highest BCUT2D eigenvalue weighted by Gasteiger charge is 2.29. The maximum atomic E-state index is 13.0. The molecular weight excluding hydrogens is 472 g/mol. The number of nitrogens with one attached hydrogen (secondary N) is 1. The van der Waals surface area contributed by atoms with Crippen LogP contribution in [0.4, 0.5) is 5.69 Å². The number of esters is 1. The first-order chi connectivity index (χ1) is 16.3. The molecule has 1 aliphatic heterocycles. The molecule has 1 unspecified atom stereocenters. The highest BCUT2D eigenvalue weighted by Crippen LogP contribution is 2.35. The topological polar surface area (TPSA) is 92.8 Å². The molecule has 1 aliphatic rings. The molecule has 2 aromatic carbocycles. The molecule has 0 bridgehead atoms. The zero-order chi connectivity index (χ0) is 24.3. The molecule has 1 N–H and O–H groups in total. The lowest BCUT2D eigenvalue weighted by molar-refractivity contribution is 0.0607.